The minimum Gasteiger partial charge on any atom is -0.338 e. The van der Waals surface area contributed by atoms with E-state index >= 15 is 0 Å². The van der Waals surface area contributed by atoms with Gasteiger partial charge in [-0.25, -0.2) is 17.9 Å². The van der Waals surface area contributed by atoms with E-state index in [2.05, 4.69) is 10.1 Å². The van der Waals surface area contributed by atoms with E-state index in [1.807, 2.05) is 20.8 Å². The van der Waals surface area contributed by atoms with Crippen molar-refractivity contribution in [2.45, 2.75) is 52.5 Å². The Morgan fingerprint density at radius 1 is 1.41 bits per heavy atom. The number of rotatable bonds is 6. The maximum absolute atomic E-state index is 13.1. The van der Waals surface area contributed by atoms with Crippen LogP contribution in [0.15, 0.2) is 10.9 Å². The van der Waals surface area contributed by atoms with Gasteiger partial charge < -0.3 is 4.90 Å². The largest absolute Gasteiger partial charge is 0.338 e. The number of amides is 1. The molecule has 1 saturated heterocycles. The fourth-order valence-corrected chi connectivity index (χ4v) is 5.46. The second-order valence-electron chi connectivity index (χ2n) is 7.25. The van der Waals surface area contributed by atoms with Crippen molar-refractivity contribution in [1.82, 2.24) is 19.5 Å². The molecule has 27 heavy (non-hydrogen) atoms. The number of sulfone groups is 1. The van der Waals surface area contributed by atoms with E-state index in [-0.39, 0.29) is 35.4 Å². The summed E-state index contributed by atoms with van der Waals surface area (Å²) in [5, 5.41) is 2.69. The lowest BCUT2D eigenvalue weighted by molar-refractivity contribution is -0.132. The molecule has 1 fully saturated rings. The number of hydrogen-bond acceptors (Lipinski definition) is 5. The van der Waals surface area contributed by atoms with E-state index in [0.29, 0.717) is 24.3 Å². The summed E-state index contributed by atoms with van der Waals surface area (Å²) in [6.07, 6.45) is 2.40. The van der Waals surface area contributed by atoms with Gasteiger partial charge in [-0.1, -0.05) is 13.3 Å². The SMILES string of the molecule is CCCCN(C(=O)Cc1c(C)nc2cc(=O)[nH]n2c1C)C1CCS(=O)(=O)C1. The van der Waals surface area contributed by atoms with E-state index in [0.717, 1.165) is 24.1 Å². The van der Waals surface area contributed by atoms with Crippen molar-refractivity contribution in [3.63, 3.8) is 0 Å². The van der Waals surface area contributed by atoms with Crippen LogP contribution in [0.1, 0.15) is 43.1 Å². The van der Waals surface area contributed by atoms with E-state index in [1.165, 1.54) is 6.07 Å². The number of nitrogens with one attached hydrogen (secondary N) is 1. The number of hydrogen-bond donors (Lipinski definition) is 1. The molecule has 0 spiro atoms. The van der Waals surface area contributed by atoms with Gasteiger partial charge in [-0.2, -0.15) is 0 Å². The monoisotopic (exact) mass is 394 g/mol. The van der Waals surface area contributed by atoms with Gasteiger partial charge in [0.25, 0.3) is 5.56 Å². The Labute approximate surface area is 158 Å². The molecule has 0 bridgehead atoms. The van der Waals surface area contributed by atoms with Gasteiger partial charge in [-0.15, -0.1) is 0 Å². The summed E-state index contributed by atoms with van der Waals surface area (Å²) in [4.78, 5) is 30.8. The summed E-state index contributed by atoms with van der Waals surface area (Å²) in [6, 6.07) is 1.17. The zero-order chi connectivity index (χ0) is 19.8. The Bertz CT molecular complexity index is 1020. The molecule has 2 aromatic rings. The van der Waals surface area contributed by atoms with Crippen molar-refractivity contribution >= 4 is 21.4 Å². The number of aryl methyl sites for hydroxylation is 2. The Kier molecular flexibility index (Phi) is 5.41. The summed E-state index contributed by atoms with van der Waals surface area (Å²) in [7, 11) is -3.06. The highest BCUT2D eigenvalue weighted by Crippen LogP contribution is 2.21. The van der Waals surface area contributed by atoms with Gasteiger partial charge in [-0.05, 0) is 26.7 Å². The van der Waals surface area contributed by atoms with Gasteiger partial charge in [0.2, 0.25) is 5.91 Å². The molecule has 3 rings (SSSR count). The molecule has 9 heteroatoms. The number of fused-ring (bicyclic) bond motifs is 1. The van der Waals surface area contributed by atoms with Gasteiger partial charge in [0.1, 0.15) is 0 Å². The van der Waals surface area contributed by atoms with Crippen molar-refractivity contribution < 1.29 is 13.2 Å². The van der Waals surface area contributed by atoms with Crippen LogP contribution in [0.25, 0.3) is 5.65 Å². The minimum absolute atomic E-state index is 0.0443. The first-order valence-electron chi connectivity index (χ1n) is 9.29. The highest BCUT2D eigenvalue weighted by atomic mass is 32.2. The molecular weight excluding hydrogens is 368 g/mol. The van der Waals surface area contributed by atoms with Gasteiger partial charge in [0, 0.05) is 35.6 Å². The number of nitrogens with zero attached hydrogens (tertiary/aromatic N) is 3. The topological polar surface area (TPSA) is 105 Å². The Hall–Kier alpha value is -2.16. The number of H-pyrrole nitrogens is 1. The molecule has 8 nitrogen and oxygen atoms in total. The predicted molar refractivity (Wildman–Crippen MR) is 103 cm³/mol. The van der Waals surface area contributed by atoms with E-state index in [9.17, 15) is 18.0 Å². The van der Waals surface area contributed by atoms with Crippen molar-refractivity contribution in [1.29, 1.82) is 0 Å². The second kappa shape index (κ2) is 7.46. The number of unbranched alkanes of at least 4 members (excludes halogenated alkanes) is 1. The predicted octanol–water partition coefficient (Wildman–Crippen LogP) is 0.998. The quantitative estimate of drug-likeness (QED) is 0.787. The van der Waals surface area contributed by atoms with Crippen LogP contribution < -0.4 is 5.56 Å². The van der Waals surface area contributed by atoms with Gasteiger partial charge in [-0.3, -0.25) is 14.7 Å². The first kappa shape index (κ1) is 19.6. The third-order valence-corrected chi connectivity index (χ3v) is 7.00. The Morgan fingerprint density at radius 2 is 2.15 bits per heavy atom. The van der Waals surface area contributed by atoms with Crippen LogP contribution in [0.4, 0.5) is 0 Å². The van der Waals surface area contributed by atoms with Gasteiger partial charge in [0.15, 0.2) is 15.5 Å². The van der Waals surface area contributed by atoms with Crippen molar-refractivity contribution in [3.05, 3.63) is 33.4 Å². The molecule has 0 aliphatic carbocycles. The average molecular weight is 394 g/mol. The van der Waals surface area contributed by atoms with E-state index in [1.54, 1.807) is 9.42 Å². The first-order valence-corrected chi connectivity index (χ1v) is 11.1. The molecule has 1 aliphatic rings. The van der Waals surface area contributed by atoms with Crippen molar-refractivity contribution in [2.24, 2.45) is 0 Å². The maximum atomic E-state index is 13.1. The molecule has 1 amide bonds. The Morgan fingerprint density at radius 3 is 2.78 bits per heavy atom. The second-order valence-corrected chi connectivity index (χ2v) is 9.48. The Balaban J connectivity index is 1.89. The number of aromatic amines is 1. The normalized spacial score (nSPS) is 18.9. The lowest BCUT2D eigenvalue weighted by atomic mass is 10.1. The number of carbonyl (C=O) groups excluding carboxylic acids is 1. The third-order valence-electron chi connectivity index (χ3n) is 5.25. The zero-order valence-corrected chi connectivity index (χ0v) is 16.8. The fraction of sp³-hybridized carbons (Fsp3) is 0.611. The van der Waals surface area contributed by atoms with Crippen LogP contribution in [0.3, 0.4) is 0 Å². The molecule has 1 atom stereocenters. The molecule has 3 heterocycles. The van der Waals surface area contributed by atoms with Crippen molar-refractivity contribution in [3.8, 4) is 0 Å². The molecule has 2 aromatic heterocycles. The average Bonchev–Trinajstić information content (AvgIpc) is 3.13. The fourth-order valence-electron chi connectivity index (χ4n) is 3.72. The molecule has 0 radical (unpaired) electrons. The van der Waals surface area contributed by atoms with Crippen LogP contribution >= 0.6 is 0 Å². The standard InChI is InChI=1S/C18H26N4O4S/c1-4-5-7-21(14-6-8-27(25,26)11-14)18(24)9-15-12(2)19-16-10-17(23)20-22(16)13(15)3/h10,14H,4-9,11H2,1-3H3,(H,20,23). The molecule has 148 valence electrons. The summed E-state index contributed by atoms with van der Waals surface area (Å²) in [5.41, 5.74) is 2.52. The lowest BCUT2D eigenvalue weighted by Crippen LogP contribution is -2.42. The van der Waals surface area contributed by atoms with Crippen LogP contribution in [0.2, 0.25) is 0 Å². The molecule has 0 aromatic carbocycles. The molecular formula is C18H26N4O4S. The molecule has 0 saturated carbocycles. The highest BCUT2D eigenvalue weighted by molar-refractivity contribution is 7.91. The van der Waals surface area contributed by atoms with E-state index < -0.39 is 9.84 Å². The van der Waals surface area contributed by atoms with Crippen LogP contribution in [-0.4, -0.2) is 57.9 Å². The summed E-state index contributed by atoms with van der Waals surface area (Å²) in [5.74, 6) is 0.0965. The summed E-state index contributed by atoms with van der Waals surface area (Å²) in [6.45, 7) is 6.27. The molecule has 1 unspecified atom stereocenters. The molecule has 1 aliphatic heterocycles. The highest BCUT2D eigenvalue weighted by Gasteiger charge is 2.34. The zero-order valence-electron chi connectivity index (χ0n) is 16.0. The third kappa shape index (κ3) is 4.07. The van der Waals surface area contributed by atoms with Gasteiger partial charge in [0.05, 0.1) is 17.9 Å². The summed E-state index contributed by atoms with van der Waals surface area (Å²) < 4.78 is 25.3. The van der Waals surface area contributed by atoms with Crippen molar-refractivity contribution in [2.75, 3.05) is 18.1 Å². The molecule has 1 N–H and O–H groups in total. The lowest BCUT2D eigenvalue weighted by Gasteiger charge is -2.29. The van der Waals surface area contributed by atoms with Crippen LogP contribution in [-0.2, 0) is 21.1 Å². The number of carbonyl (C=O) groups is 1. The maximum Gasteiger partial charge on any atom is 0.266 e. The van der Waals surface area contributed by atoms with Crippen LogP contribution in [0.5, 0.6) is 0 Å². The minimum atomic E-state index is -3.06. The first-order chi connectivity index (χ1) is 12.7. The van der Waals surface area contributed by atoms with Gasteiger partial charge >= 0.3 is 0 Å². The van der Waals surface area contributed by atoms with Crippen LogP contribution in [0, 0.1) is 13.8 Å². The number of aromatic nitrogens is 3. The summed E-state index contributed by atoms with van der Waals surface area (Å²) >= 11 is 0. The smallest absolute Gasteiger partial charge is 0.266 e. The van der Waals surface area contributed by atoms with E-state index in [4.69, 9.17) is 0 Å².